The number of rotatable bonds is 2. The Bertz CT molecular complexity index is 812. The normalized spacial score (nSPS) is 10.7. The second-order valence-corrected chi connectivity index (χ2v) is 4.72. The fourth-order valence-electron chi connectivity index (χ4n) is 1.97. The zero-order valence-corrected chi connectivity index (χ0v) is 11.2. The maximum Gasteiger partial charge on any atom is 0.260 e. The summed E-state index contributed by atoms with van der Waals surface area (Å²) in [5, 5.41) is 22.7. The second kappa shape index (κ2) is 4.82. The molecule has 0 atom stereocenters. The highest BCUT2D eigenvalue weighted by atomic mass is 16.5. The van der Waals surface area contributed by atoms with E-state index in [-0.39, 0.29) is 11.5 Å². The number of aromatic nitrogens is 2. The summed E-state index contributed by atoms with van der Waals surface area (Å²) in [6, 6.07) is 9.85. The Labute approximate surface area is 120 Å². The van der Waals surface area contributed by atoms with Crippen LogP contribution in [0.15, 0.2) is 40.9 Å². The van der Waals surface area contributed by atoms with Crippen LogP contribution < -0.4 is 5.73 Å². The molecule has 4 N–H and O–H groups in total. The molecule has 0 unspecified atom stereocenters. The standard InChI is InChI=1S/C15H13N3O3/c1-8-2-4-11(16)10(6-8)15-17-14(18-21-15)9-3-5-12(19)13(20)7-9/h2-7,19-20H,16H2,1H3. The fourth-order valence-corrected chi connectivity index (χ4v) is 1.97. The van der Waals surface area contributed by atoms with Gasteiger partial charge in [0.25, 0.3) is 5.89 Å². The maximum absolute atomic E-state index is 9.51. The molecule has 106 valence electrons. The van der Waals surface area contributed by atoms with E-state index in [4.69, 9.17) is 10.3 Å². The van der Waals surface area contributed by atoms with Crippen molar-refractivity contribution < 1.29 is 14.7 Å². The van der Waals surface area contributed by atoms with Crippen molar-refractivity contribution in [2.45, 2.75) is 6.92 Å². The molecule has 21 heavy (non-hydrogen) atoms. The number of nitrogens with two attached hydrogens (primary N) is 1. The Morgan fingerprint density at radius 1 is 1.05 bits per heavy atom. The molecule has 0 aliphatic heterocycles. The minimum atomic E-state index is -0.242. The molecule has 0 bridgehead atoms. The maximum atomic E-state index is 9.51. The quantitative estimate of drug-likeness (QED) is 0.493. The molecule has 3 aromatic rings. The number of phenolic OH excluding ortho intramolecular Hbond substituents is 2. The smallest absolute Gasteiger partial charge is 0.260 e. The van der Waals surface area contributed by atoms with Crippen LogP contribution in [0.4, 0.5) is 5.69 Å². The van der Waals surface area contributed by atoms with Crippen molar-refractivity contribution in [2.75, 3.05) is 5.73 Å². The minimum Gasteiger partial charge on any atom is -0.504 e. The van der Waals surface area contributed by atoms with Crippen molar-refractivity contribution in [2.24, 2.45) is 0 Å². The van der Waals surface area contributed by atoms with Gasteiger partial charge in [-0.15, -0.1) is 0 Å². The summed E-state index contributed by atoms with van der Waals surface area (Å²) in [6.45, 7) is 1.94. The van der Waals surface area contributed by atoms with Gasteiger partial charge in [-0.3, -0.25) is 0 Å². The number of hydrogen-bond acceptors (Lipinski definition) is 6. The van der Waals surface area contributed by atoms with Gasteiger partial charge in [0.15, 0.2) is 11.5 Å². The molecule has 6 nitrogen and oxygen atoms in total. The Morgan fingerprint density at radius 3 is 2.62 bits per heavy atom. The average molecular weight is 283 g/mol. The topological polar surface area (TPSA) is 105 Å². The SMILES string of the molecule is Cc1ccc(N)c(-c2nc(-c3ccc(O)c(O)c3)no2)c1. The van der Waals surface area contributed by atoms with E-state index >= 15 is 0 Å². The number of hydrogen-bond donors (Lipinski definition) is 3. The molecule has 0 aliphatic carbocycles. The number of aryl methyl sites for hydroxylation is 1. The average Bonchev–Trinajstić information content (AvgIpc) is 2.94. The van der Waals surface area contributed by atoms with Gasteiger partial charge in [0.2, 0.25) is 5.82 Å². The lowest BCUT2D eigenvalue weighted by Crippen LogP contribution is -1.91. The molecule has 1 heterocycles. The summed E-state index contributed by atoms with van der Waals surface area (Å²) in [5.41, 5.74) is 8.68. The van der Waals surface area contributed by atoms with Crippen LogP contribution in [0.25, 0.3) is 22.8 Å². The Hall–Kier alpha value is -3.02. The Balaban J connectivity index is 2.03. The van der Waals surface area contributed by atoms with E-state index in [0.29, 0.717) is 28.5 Å². The van der Waals surface area contributed by atoms with Gasteiger partial charge in [0, 0.05) is 11.3 Å². The third kappa shape index (κ3) is 2.38. The van der Waals surface area contributed by atoms with Crippen LogP contribution in [-0.4, -0.2) is 20.4 Å². The van der Waals surface area contributed by atoms with Gasteiger partial charge < -0.3 is 20.5 Å². The van der Waals surface area contributed by atoms with E-state index in [1.54, 1.807) is 12.1 Å². The predicted molar refractivity (Wildman–Crippen MR) is 77.6 cm³/mol. The largest absolute Gasteiger partial charge is 0.504 e. The van der Waals surface area contributed by atoms with Crippen LogP contribution in [0, 0.1) is 6.92 Å². The highest BCUT2D eigenvalue weighted by Gasteiger charge is 2.14. The van der Waals surface area contributed by atoms with E-state index in [2.05, 4.69) is 10.1 Å². The first-order valence-corrected chi connectivity index (χ1v) is 6.27. The van der Waals surface area contributed by atoms with Crippen LogP contribution in [0.2, 0.25) is 0 Å². The Kier molecular flexibility index (Phi) is 2.98. The van der Waals surface area contributed by atoms with Crippen molar-refractivity contribution in [3.63, 3.8) is 0 Å². The molecule has 6 heteroatoms. The second-order valence-electron chi connectivity index (χ2n) is 4.72. The van der Waals surface area contributed by atoms with Gasteiger partial charge in [-0.2, -0.15) is 4.98 Å². The van der Waals surface area contributed by atoms with Gasteiger partial charge in [-0.25, -0.2) is 0 Å². The van der Waals surface area contributed by atoms with Crippen LogP contribution >= 0.6 is 0 Å². The summed E-state index contributed by atoms with van der Waals surface area (Å²) in [4.78, 5) is 4.27. The summed E-state index contributed by atoms with van der Waals surface area (Å²) in [7, 11) is 0. The minimum absolute atomic E-state index is 0.203. The molecular formula is C15H13N3O3. The third-order valence-electron chi connectivity index (χ3n) is 3.10. The Morgan fingerprint density at radius 2 is 1.86 bits per heavy atom. The number of anilines is 1. The number of nitrogen functional groups attached to an aromatic ring is 1. The first-order chi connectivity index (χ1) is 10.0. The molecule has 3 rings (SSSR count). The summed E-state index contributed by atoms with van der Waals surface area (Å²) in [5.74, 6) is 0.166. The van der Waals surface area contributed by atoms with Crippen molar-refractivity contribution in [1.82, 2.24) is 10.1 Å². The molecular weight excluding hydrogens is 270 g/mol. The van der Waals surface area contributed by atoms with Gasteiger partial charge in [0.1, 0.15) is 0 Å². The first kappa shape index (κ1) is 13.0. The molecule has 0 amide bonds. The zero-order valence-electron chi connectivity index (χ0n) is 11.2. The number of benzene rings is 2. The van der Waals surface area contributed by atoms with Gasteiger partial charge in [-0.1, -0.05) is 16.8 Å². The summed E-state index contributed by atoms with van der Waals surface area (Å²) < 4.78 is 5.23. The zero-order chi connectivity index (χ0) is 15.0. The highest BCUT2D eigenvalue weighted by molar-refractivity contribution is 5.72. The van der Waals surface area contributed by atoms with Crippen LogP contribution in [0.1, 0.15) is 5.56 Å². The molecule has 0 saturated carbocycles. The van der Waals surface area contributed by atoms with E-state index in [0.717, 1.165) is 5.56 Å². The third-order valence-corrected chi connectivity index (χ3v) is 3.10. The van der Waals surface area contributed by atoms with Gasteiger partial charge in [-0.05, 0) is 37.3 Å². The van der Waals surface area contributed by atoms with Crippen LogP contribution in [0.5, 0.6) is 11.5 Å². The summed E-state index contributed by atoms with van der Waals surface area (Å²) in [6.07, 6.45) is 0. The lowest BCUT2D eigenvalue weighted by molar-refractivity contribution is 0.404. The molecule has 1 aromatic heterocycles. The molecule has 0 radical (unpaired) electrons. The lowest BCUT2D eigenvalue weighted by atomic mass is 10.1. The van der Waals surface area contributed by atoms with Crippen LogP contribution in [0.3, 0.4) is 0 Å². The molecule has 0 fully saturated rings. The van der Waals surface area contributed by atoms with E-state index in [1.165, 1.54) is 12.1 Å². The van der Waals surface area contributed by atoms with Gasteiger partial charge in [0.05, 0.1) is 5.56 Å². The van der Waals surface area contributed by atoms with Gasteiger partial charge >= 0.3 is 0 Å². The van der Waals surface area contributed by atoms with Crippen LogP contribution in [-0.2, 0) is 0 Å². The monoisotopic (exact) mass is 283 g/mol. The predicted octanol–water partition coefficient (Wildman–Crippen LogP) is 2.71. The highest BCUT2D eigenvalue weighted by Crippen LogP contribution is 2.31. The van der Waals surface area contributed by atoms with E-state index in [1.807, 2.05) is 19.1 Å². The van der Waals surface area contributed by atoms with Crippen molar-refractivity contribution in [3.8, 4) is 34.3 Å². The summed E-state index contributed by atoms with van der Waals surface area (Å²) >= 11 is 0. The molecule has 0 aliphatic rings. The molecule has 0 saturated heterocycles. The number of phenols is 2. The van der Waals surface area contributed by atoms with Crippen molar-refractivity contribution in [3.05, 3.63) is 42.0 Å². The van der Waals surface area contributed by atoms with Crippen molar-refractivity contribution in [1.29, 1.82) is 0 Å². The van der Waals surface area contributed by atoms with E-state index in [9.17, 15) is 10.2 Å². The first-order valence-electron chi connectivity index (χ1n) is 6.27. The molecule has 2 aromatic carbocycles. The van der Waals surface area contributed by atoms with E-state index < -0.39 is 0 Å². The number of nitrogens with zero attached hydrogens (tertiary/aromatic N) is 2. The fraction of sp³-hybridized carbons (Fsp3) is 0.0667. The lowest BCUT2D eigenvalue weighted by Gasteiger charge is -2.01. The number of aromatic hydroxyl groups is 2. The van der Waals surface area contributed by atoms with Crippen molar-refractivity contribution >= 4 is 5.69 Å². The molecule has 0 spiro atoms.